The maximum atomic E-state index is 12.5. The van der Waals surface area contributed by atoms with E-state index in [1.807, 2.05) is 23.1 Å². The number of hydrogen-bond acceptors (Lipinski definition) is 3. The molecular formula is C16H22N2O2. The predicted octanol–water partition coefficient (Wildman–Crippen LogP) is 1.61. The van der Waals surface area contributed by atoms with E-state index in [0.29, 0.717) is 24.3 Å². The summed E-state index contributed by atoms with van der Waals surface area (Å²) < 4.78 is 5.25. The van der Waals surface area contributed by atoms with Gasteiger partial charge in [-0.15, -0.1) is 0 Å². The van der Waals surface area contributed by atoms with Gasteiger partial charge in [0.25, 0.3) is 0 Å². The van der Waals surface area contributed by atoms with Crippen molar-refractivity contribution in [1.29, 1.82) is 0 Å². The summed E-state index contributed by atoms with van der Waals surface area (Å²) in [5, 5.41) is 0. The molecule has 1 heterocycles. The van der Waals surface area contributed by atoms with Gasteiger partial charge in [-0.05, 0) is 48.9 Å². The van der Waals surface area contributed by atoms with Gasteiger partial charge in [-0.1, -0.05) is 12.1 Å². The van der Waals surface area contributed by atoms with Crippen LogP contribution in [0.25, 0.3) is 0 Å². The van der Waals surface area contributed by atoms with Crippen molar-refractivity contribution >= 4 is 5.91 Å². The Labute approximate surface area is 119 Å². The van der Waals surface area contributed by atoms with Crippen LogP contribution in [0.3, 0.4) is 0 Å². The van der Waals surface area contributed by atoms with Gasteiger partial charge in [0.05, 0.1) is 7.11 Å². The number of carbonyl (C=O) groups is 1. The van der Waals surface area contributed by atoms with Crippen LogP contribution >= 0.6 is 0 Å². The number of ether oxygens (including phenoxy) is 1. The highest BCUT2D eigenvalue weighted by molar-refractivity contribution is 5.83. The molecule has 3 atom stereocenters. The zero-order valence-corrected chi connectivity index (χ0v) is 11.9. The van der Waals surface area contributed by atoms with E-state index >= 15 is 0 Å². The second kappa shape index (κ2) is 5.44. The van der Waals surface area contributed by atoms with E-state index in [-0.39, 0.29) is 5.92 Å². The molecule has 4 nitrogen and oxygen atoms in total. The molecule has 1 saturated carbocycles. The number of nitrogens with two attached hydrogens (primary N) is 1. The van der Waals surface area contributed by atoms with E-state index in [9.17, 15) is 4.79 Å². The van der Waals surface area contributed by atoms with E-state index in [2.05, 4.69) is 6.07 Å². The summed E-state index contributed by atoms with van der Waals surface area (Å²) in [6, 6.07) is 8.07. The Hall–Kier alpha value is -1.55. The molecule has 0 spiro atoms. The average molecular weight is 274 g/mol. The Kier molecular flexibility index (Phi) is 3.66. The largest absolute Gasteiger partial charge is 0.497 e. The molecule has 3 rings (SSSR count). The number of nitrogens with zero attached hydrogens (tertiary/aromatic N) is 1. The number of carbonyl (C=O) groups excluding carboxylic acids is 1. The lowest BCUT2D eigenvalue weighted by atomic mass is 10.1. The first-order valence-electron chi connectivity index (χ1n) is 7.35. The predicted molar refractivity (Wildman–Crippen MR) is 77.6 cm³/mol. The van der Waals surface area contributed by atoms with Crippen molar-refractivity contribution in [1.82, 2.24) is 4.90 Å². The van der Waals surface area contributed by atoms with E-state index in [4.69, 9.17) is 10.5 Å². The first-order chi connectivity index (χ1) is 9.72. The fraction of sp³-hybridized carbons (Fsp3) is 0.562. The van der Waals surface area contributed by atoms with Crippen molar-refractivity contribution in [3.63, 3.8) is 0 Å². The molecule has 2 aliphatic rings. The van der Waals surface area contributed by atoms with Crippen LogP contribution in [0.5, 0.6) is 5.75 Å². The summed E-state index contributed by atoms with van der Waals surface area (Å²) in [7, 11) is 1.67. The minimum Gasteiger partial charge on any atom is -0.497 e. The number of likely N-dealkylation sites (tertiary alicyclic amines) is 1. The molecule has 108 valence electrons. The molecule has 0 unspecified atom stereocenters. The second-order valence-corrected chi connectivity index (χ2v) is 5.90. The van der Waals surface area contributed by atoms with Crippen LogP contribution in [0, 0.1) is 11.8 Å². The molecule has 0 bridgehead atoms. The molecule has 2 N–H and O–H groups in total. The molecule has 1 aliphatic heterocycles. The standard InChI is InChI=1S/C16H22N2O2/c1-20-13-4-2-3-12(7-13)14-8-15(14)16(19)18-6-5-11(9-17)10-18/h2-4,7,11,14-15H,5-6,8-10,17H2,1H3/t11-,14-,15+/m0/s1. The molecule has 0 aromatic heterocycles. The summed E-state index contributed by atoms with van der Waals surface area (Å²) in [6.07, 6.45) is 2.02. The van der Waals surface area contributed by atoms with Crippen molar-refractivity contribution in [2.45, 2.75) is 18.8 Å². The minimum absolute atomic E-state index is 0.165. The zero-order valence-electron chi connectivity index (χ0n) is 11.9. The number of rotatable bonds is 4. The molecular weight excluding hydrogens is 252 g/mol. The van der Waals surface area contributed by atoms with Crippen molar-refractivity contribution in [2.75, 3.05) is 26.7 Å². The van der Waals surface area contributed by atoms with Crippen molar-refractivity contribution in [2.24, 2.45) is 17.6 Å². The van der Waals surface area contributed by atoms with Gasteiger partial charge in [-0.2, -0.15) is 0 Å². The molecule has 0 radical (unpaired) electrons. The van der Waals surface area contributed by atoms with Crippen LogP contribution in [0.2, 0.25) is 0 Å². The van der Waals surface area contributed by atoms with Crippen LogP contribution in [0.4, 0.5) is 0 Å². The molecule has 2 fully saturated rings. The lowest BCUT2D eigenvalue weighted by molar-refractivity contribution is -0.131. The Morgan fingerprint density at radius 2 is 2.35 bits per heavy atom. The highest BCUT2D eigenvalue weighted by Crippen LogP contribution is 2.49. The lowest BCUT2D eigenvalue weighted by Gasteiger charge is -2.16. The molecule has 1 saturated heterocycles. The maximum Gasteiger partial charge on any atom is 0.226 e. The van der Waals surface area contributed by atoms with Gasteiger partial charge >= 0.3 is 0 Å². The van der Waals surface area contributed by atoms with E-state index < -0.39 is 0 Å². The minimum atomic E-state index is 0.165. The van der Waals surface area contributed by atoms with Crippen LogP contribution in [-0.4, -0.2) is 37.6 Å². The quantitative estimate of drug-likeness (QED) is 0.907. The summed E-state index contributed by atoms with van der Waals surface area (Å²) in [6.45, 7) is 2.41. The number of hydrogen-bond donors (Lipinski definition) is 1. The third kappa shape index (κ3) is 2.52. The topological polar surface area (TPSA) is 55.6 Å². The molecule has 1 aromatic carbocycles. The number of methoxy groups -OCH3 is 1. The zero-order chi connectivity index (χ0) is 14.1. The van der Waals surface area contributed by atoms with Gasteiger partial charge in [-0.25, -0.2) is 0 Å². The molecule has 4 heteroatoms. The SMILES string of the molecule is COc1cccc([C@@H]2C[C@H]2C(=O)N2CC[C@@H](CN)C2)c1. The van der Waals surface area contributed by atoms with E-state index in [0.717, 1.165) is 31.7 Å². The summed E-state index contributed by atoms with van der Waals surface area (Å²) in [5.74, 6) is 2.21. The van der Waals surface area contributed by atoms with Crippen molar-refractivity contribution in [3.05, 3.63) is 29.8 Å². The highest BCUT2D eigenvalue weighted by Gasteiger charge is 2.46. The highest BCUT2D eigenvalue weighted by atomic mass is 16.5. The smallest absolute Gasteiger partial charge is 0.226 e. The Morgan fingerprint density at radius 3 is 3.05 bits per heavy atom. The van der Waals surface area contributed by atoms with Crippen LogP contribution in [-0.2, 0) is 4.79 Å². The number of amides is 1. The Bertz CT molecular complexity index is 503. The van der Waals surface area contributed by atoms with Crippen LogP contribution in [0.1, 0.15) is 24.3 Å². The van der Waals surface area contributed by atoms with E-state index in [1.165, 1.54) is 5.56 Å². The molecule has 1 aromatic rings. The second-order valence-electron chi connectivity index (χ2n) is 5.90. The van der Waals surface area contributed by atoms with Crippen molar-refractivity contribution in [3.8, 4) is 5.75 Å². The van der Waals surface area contributed by atoms with Gasteiger partial charge in [0.15, 0.2) is 0 Å². The first-order valence-corrected chi connectivity index (χ1v) is 7.35. The summed E-state index contributed by atoms with van der Waals surface area (Å²) >= 11 is 0. The van der Waals surface area contributed by atoms with Gasteiger partial charge < -0.3 is 15.4 Å². The van der Waals surface area contributed by atoms with Crippen LogP contribution in [0.15, 0.2) is 24.3 Å². The van der Waals surface area contributed by atoms with Gasteiger partial charge in [0.2, 0.25) is 5.91 Å². The fourth-order valence-corrected chi connectivity index (χ4v) is 3.17. The monoisotopic (exact) mass is 274 g/mol. The Morgan fingerprint density at radius 1 is 1.50 bits per heavy atom. The molecule has 1 aliphatic carbocycles. The van der Waals surface area contributed by atoms with E-state index in [1.54, 1.807) is 7.11 Å². The lowest BCUT2D eigenvalue weighted by Crippen LogP contribution is -2.31. The Balaban J connectivity index is 1.62. The van der Waals surface area contributed by atoms with Crippen LogP contribution < -0.4 is 10.5 Å². The molecule has 1 amide bonds. The number of benzene rings is 1. The van der Waals surface area contributed by atoms with Gasteiger partial charge in [0.1, 0.15) is 5.75 Å². The third-order valence-corrected chi connectivity index (χ3v) is 4.56. The fourth-order valence-electron chi connectivity index (χ4n) is 3.17. The summed E-state index contributed by atoms with van der Waals surface area (Å²) in [5.41, 5.74) is 6.91. The third-order valence-electron chi connectivity index (χ3n) is 4.56. The van der Waals surface area contributed by atoms with Gasteiger partial charge in [0, 0.05) is 19.0 Å². The maximum absolute atomic E-state index is 12.5. The normalized spacial score (nSPS) is 28.5. The van der Waals surface area contributed by atoms with Gasteiger partial charge in [-0.3, -0.25) is 4.79 Å². The average Bonchev–Trinajstić information content (AvgIpc) is 3.15. The first kappa shape index (κ1) is 13.4. The molecule has 20 heavy (non-hydrogen) atoms. The summed E-state index contributed by atoms with van der Waals surface area (Å²) in [4.78, 5) is 14.5. The van der Waals surface area contributed by atoms with Crippen molar-refractivity contribution < 1.29 is 9.53 Å².